The Morgan fingerprint density at radius 3 is 2.59 bits per heavy atom. The largest absolute Gasteiger partial charge is 0.353 e. The zero-order valence-corrected chi connectivity index (χ0v) is 16.8. The number of fused-ring (bicyclic) bond motifs is 1. The third kappa shape index (κ3) is 3.67. The predicted molar refractivity (Wildman–Crippen MR) is 113 cm³/mol. The van der Waals surface area contributed by atoms with E-state index < -0.39 is 0 Å². The second-order valence-corrected chi connectivity index (χ2v) is 7.96. The summed E-state index contributed by atoms with van der Waals surface area (Å²) in [4.78, 5) is 26.0. The number of nitrogens with one attached hydrogen (secondary N) is 1. The number of nitrogens with zero attached hydrogens (tertiary/aromatic N) is 6. The van der Waals surface area contributed by atoms with Crippen molar-refractivity contribution in [2.24, 2.45) is 7.05 Å². The van der Waals surface area contributed by atoms with Crippen molar-refractivity contribution in [3.63, 3.8) is 0 Å². The highest BCUT2D eigenvalue weighted by Gasteiger charge is 2.31. The molecule has 1 aliphatic heterocycles. The van der Waals surface area contributed by atoms with Crippen LogP contribution in [0, 0.1) is 0 Å². The smallest absolute Gasteiger partial charge is 0.222 e. The summed E-state index contributed by atoms with van der Waals surface area (Å²) in [6.07, 6.45) is 8.31. The van der Waals surface area contributed by atoms with Gasteiger partial charge in [-0.2, -0.15) is 5.10 Å². The standard InChI is InChI=1S/C21H25N7O/c1-14(29)24-20-10-15-9-19(16-11-23-26(2)13-16)22-12-18(15)21(25-20)28-7-5-27(6-8-28)17-3-4-17/h9-13,17H,3-8H2,1-2H3,(H,24,25,29). The Kier molecular flexibility index (Phi) is 4.43. The molecule has 5 rings (SSSR count). The van der Waals surface area contributed by atoms with Crippen molar-refractivity contribution in [1.29, 1.82) is 0 Å². The van der Waals surface area contributed by atoms with Gasteiger partial charge in [-0.15, -0.1) is 0 Å². The molecule has 3 aromatic rings. The van der Waals surface area contributed by atoms with Crippen molar-refractivity contribution >= 4 is 28.3 Å². The zero-order valence-electron chi connectivity index (χ0n) is 16.8. The number of piperazine rings is 1. The van der Waals surface area contributed by atoms with Gasteiger partial charge in [0.2, 0.25) is 5.91 Å². The van der Waals surface area contributed by atoms with Crippen molar-refractivity contribution in [3.8, 4) is 11.3 Å². The van der Waals surface area contributed by atoms with Gasteiger partial charge in [-0.25, -0.2) is 4.98 Å². The number of anilines is 2. The van der Waals surface area contributed by atoms with Gasteiger partial charge in [0.25, 0.3) is 0 Å². The summed E-state index contributed by atoms with van der Waals surface area (Å²) >= 11 is 0. The minimum Gasteiger partial charge on any atom is -0.353 e. The van der Waals surface area contributed by atoms with Gasteiger partial charge in [0, 0.05) is 69.5 Å². The maximum Gasteiger partial charge on any atom is 0.222 e. The molecule has 1 N–H and O–H groups in total. The minimum absolute atomic E-state index is 0.122. The molecule has 4 heterocycles. The summed E-state index contributed by atoms with van der Waals surface area (Å²) in [6.45, 7) is 5.49. The first-order valence-electron chi connectivity index (χ1n) is 10.1. The Hall–Kier alpha value is -3.00. The van der Waals surface area contributed by atoms with Crippen LogP contribution in [-0.2, 0) is 11.8 Å². The molecule has 2 fully saturated rings. The van der Waals surface area contributed by atoms with Crippen LogP contribution in [0.2, 0.25) is 0 Å². The summed E-state index contributed by atoms with van der Waals surface area (Å²) in [5.41, 5.74) is 1.82. The minimum atomic E-state index is -0.122. The Morgan fingerprint density at radius 2 is 1.93 bits per heavy atom. The number of hydrogen-bond acceptors (Lipinski definition) is 6. The summed E-state index contributed by atoms with van der Waals surface area (Å²) in [5, 5.41) is 9.11. The molecule has 8 heteroatoms. The lowest BCUT2D eigenvalue weighted by Crippen LogP contribution is -2.47. The number of aryl methyl sites for hydroxylation is 1. The molecule has 150 valence electrons. The summed E-state index contributed by atoms with van der Waals surface area (Å²) in [5.74, 6) is 1.35. The van der Waals surface area contributed by atoms with Gasteiger partial charge >= 0.3 is 0 Å². The molecule has 0 atom stereocenters. The zero-order chi connectivity index (χ0) is 20.0. The predicted octanol–water partition coefficient (Wildman–Crippen LogP) is 2.27. The van der Waals surface area contributed by atoms with Crippen molar-refractivity contribution in [1.82, 2.24) is 24.6 Å². The number of carbonyl (C=O) groups excluding carboxylic acids is 1. The van der Waals surface area contributed by atoms with E-state index in [1.807, 2.05) is 37.8 Å². The molecule has 3 aromatic heterocycles. The Bertz CT molecular complexity index is 1060. The van der Waals surface area contributed by atoms with E-state index in [1.165, 1.54) is 19.8 Å². The summed E-state index contributed by atoms with van der Waals surface area (Å²) < 4.78 is 1.77. The second-order valence-electron chi connectivity index (χ2n) is 7.96. The highest BCUT2D eigenvalue weighted by Crippen LogP contribution is 2.32. The van der Waals surface area contributed by atoms with E-state index in [0.717, 1.165) is 60.1 Å². The van der Waals surface area contributed by atoms with E-state index in [0.29, 0.717) is 5.82 Å². The molecule has 0 unspecified atom stereocenters. The van der Waals surface area contributed by atoms with Gasteiger partial charge in [0.1, 0.15) is 11.6 Å². The number of rotatable bonds is 4. The van der Waals surface area contributed by atoms with Gasteiger partial charge in [0.15, 0.2) is 0 Å². The van der Waals surface area contributed by atoms with E-state index in [-0.39, 0.29) is 5.91 Å². The molecule has 0 bridgehead atoms. The molecule has 1 saturated carbocycles. The van der Waals surface area contributed by atoms with Gasteiger partial charge in [-0.1, -0.05) is 0 Å². The number of pyridine rings is 2. The first-order chi connectivity index (χ1) is 14.1. The fourth-order valence-corrected chi connectivity index (χ4v) is 4.07. The second kappa shape index (κ2) is 7.11. The maximum atomic E-state index is 11.7. The lowest BCUT2D eigenvalue weighted by Gasteiger charge is -2.36. The van der Waals surface area contributed by atoms with Crippen LogP contribution in [0.15, 0.2) is 30.7 Å². The van der Waals surface area contributed by atoms with Crippen LogP contribution < -0.4 is 10.2 Å². The highest BCUT2D eigenvalue weighted by molar-refractivity contribution is 5.98. The van der Waals surface area contributed by atoms with Gasteiger partial charge in [0.05, 0.1) is 11.9 Å². The average molecular weight is 391 g/mol. The van der Waals surface area contributed by atoms with Crippen molar-refractivity contribution in [2.75, 3.05) is 36.4 Å². The van der Waals surface area contributed by atoms with E-state index in [9.17, 15) is 4.79 Å². The van der Waals surface area contributed by atoms with Gasteiger partial charge < -0.3 is 10.2 Å². The maximum absolute atomic E-state index is 11.7. The molecule has 29 heavy (non-hydrogen) atoms. The van der Waals surface area contributed by atoms with Crippen molar-refractivity contribution < 1.29 is 4.79 Å². The van der Waals surface area contributed by atoms with Crippen molar-refractivity contribution in [3.05, 3.63) is 30.7 Å². The molecule has 1 aliphatic carbocycles. The van der Waals surface area contributed by atoms with Crippen LogP contribution in [-0.4, -0.2) is 62.8 Å². The third-order valence-electron chi connectivity index (χ3n) is 5.68. The molecule has 0 spiro atoms. The van der Waals surface area contributed by atoms with Crippen LogP contribution in [0.4, 0.5) is 11.6 Å². The number of amides is 1. The molecular formula is C21H25N7O. The van der Waals surface area contributed by atoms with Crippen LogP contribution >= 0.6 is 0 Å². The van der Waals surface area contributed by atoms with Crippen molar-refractivity contribution in [2.45, 2.75) is 25.8 Å². The molecule has 0 radical (unpaired) electrons. The molecular weight excluding hydrogens is 366 g/mol. The van der Waals surface area contributed by atoms with Crippen LogP contribution in [0.5, 0.6) is 0 Å². The number of hydrogen-bond donors (Lipinski definition) is 1. The van der Waals surface area contributed by atoms with E-state index in [1.54, 1.807) is 4.68 Å². The molecule has 1 saturated heterocycles. The third-order valence-corrected chi connectivity index (χ3v) is 5.68. The lowest BCUT2D eigenvalue weighted by atomic mass is 10.1. The molecule has 1 amide bonds. The average Bonchev–Trinajstić information content (AvgIpc) is 3.47. The SMILES string of the molecule is CC(=O)Nc1cc2cc(-c3cnn(C)c3)ncc2c(N2CCN(C3CC3)CC2)n1. The Balaban J connectivity index is 1.53. The van der Waals surface area contributed by atoms with Crippen LogP contribution in [0.1, 0.15) is 19.8 Å². The fourth-order valence-electron chi connectivity index (χ4n) is 4.07. The topological polar surface area (TPSA) is 79.2 Å². The fraction of sp³-hybridized carbons (Fsp3) is 0.429. The molecule has 2 aliphatic rings. The molecule has 8 nitrogen and oxygen atoms in total. The first kappa shape index (κ1) is 18.1. The Morgan fingerprint density at radius 1 is 1.14 bits per heavy atom. The Labute approximate surface area is 169 Å². The van der Waals surface area contributed by atoms with Gasteiger partial charge in [-0.3, -0.25) is 19.4 Å². The normalized spacial score (nSPS) is 17.7. The number of aromatic nitrogens is 4. The highest BCUT2D eigenvalue weighted by atomic mass is 16.1. The quantitative estimate of drug-likeness (QED) is 0.735. The summed E-state index contributed by atoms with van der Waals surface area (Å²) in [6, 6.07) is 4.75. The first-order valence-corrected chi connectivity index (χ1v) is 10.1. The lowest BCUT2D eigenvalue weighted by molar-refractivity contribution is -0.114. The monoisotopic (exact) mass is 391 g/mol. The number of carbonyl (C=O) groups is 1. The molecule has 0 aromatic carbocycles. The van der Waals surface area contributed by atoms with Gasteiger partial charge in [-0.05, 0) is 30.4 Å². The van der Waals surface area contributed by atoms with E-state index >= 15 is 0 Å². The van der Waals surface area contributed by atoms with E-state index in [4.69, 9.17) is 4.98 Å². The summed E-state index contributed by atoms with van der Waals surface area (Å²) in [7, 11) is 1.89. The van der Waals surface area contributed by atoms with E-state index in [2.05, 4.69) is 25.2 Å². The van der Waals surface area contributed by atoms with Crippen LogP contribution in [0.3, 0.4) is 0 Å². The van der Waals surface area contributed by atoms with Crippen LogP contribution in [0.25, 0.3) is 22.0 Å².